The number of hydrogen-bond donors (Lipinski definition) is 1. The summed E-state index contributed by atoms with van der Waals surface area (Å²) in [6, 6.07) is 14.7. The fourth-order valence-corrected chi connectivity index (χ4v) is 3.15. The van der Waals surface area contributed by atoms with Crippen LogP contribution in [0.25, 0.3) is 11.3 Å². The molecule has 0 aliphatic rings. The third kappa shape index (κ3) is 4.10. The second-order valence-corrected chi connectivity index (χ2v) is 6.25. The Morgan fingerprint density at radius 2 is 1.88 bits per heavy atom. The first-order valence-electron chi connectivity index (χ1n) is 8.01. The first-order chi connectivity index (χ1) is 12.7. The van der Waals surface area contributed by atoms with Gasteiger partial charge >= 0.3 is 0 Å². The molecule has 0 saturated heterocycles. The van der Waals surface area contributed by atoms with Crippen LogP contribution in [0.4, 0.5) is 0 Å². The van der Waals surface area contributed by atoms with Gasteiger partial charge in [0.15, 0.2) is 0 Å². The van der Waals surface area contributed by atoms with Gasteiger partial charge in [0.2, 0.25) is 4.80 Å². The van der Waals surface area contributed by atoms with Crippen LogP contribution in [0.3, 0.4) is 0 Å². The molecule has 0 atom stereocenters. The molecule has 0 aliphatic carbocycles. The lowest BCUT2D eigenvalue weighted by Crippen LogP contribution is -2.12. The normalized spacial score (nSPS) is 11.8. The molecule has 0 spiro atoms. The SMILES string of the molecule is C=CCN=c1scc(-c2ccc(OC)cc2)n1N=Cc1ccc(O)cc1. The van der Waals surface area contributed by atoms with Crippen LogP contribution in [0.2, 0.25) is 0 Å². The molecule has 5 nitrogen and oxygen atoms in total. The Balaban J connectivity index is 2.03. The Kier molecular flexibility index (Phi) is 5.66. The zero-order chi connectivity index (χ0) is 18.4. The van der Waals surface area contributed by atoms with Gasteiger partial charge in [0.05, 0.1) is 25.6 Å². The number of aromatic nitrogens is 1. The molecule has 6 heteroatoms. The quantitative estimate of drug-likeness (QED) is 0.532. The summed E-state index contributed by atoms with van der Waals surface area (Å²) in [7, 11) is 1.65. The summed E-state index contributed by atoms with van der Waals surface area (Å²) < 4.78 is 7.03. The van der Waals surface area contributed by atoms with E-state index in [0.29, 0.717) is 6.54 Å². The van der Waals surface area contributed by atoms with E-state index >= 15 is 0 Å². The zero-order valence-corrected chi connectivity index (χ0v) is 15.2. The number of methoxy groups -OCH3 is 1. The number of phenolic OH excluding ortho intramolecular Hbond substituents is 1. The molecule has 3 rings (SSSR count). The van der Waals surface area contributed by atoms with E-state index in [-0.39, 0.29) is 5.75 Å². The third-order valence-corrected chi connectivity index (χ3v) is 4.50. The lowest BCUT2D eigenvalue weighted by Gasteiger charge is -2.05. The van der Waals surface area contributed by atoms with Crippen molar-refractivity contribution in [2.24, 2.45) is 10.1 Å². The van der Waals surface area contributed by atoms with E-state index < -0.39 is 0 Å². The van der Waals surface area contributed by atoms with Crippen molar-refractivity contribution in [1.82, 2.24) is 4.68 Å². The van der Waals surface area contributed by atoms with Gasteiger partial charge in [0, 0.05) is 10.9 Å². The Hall–Kier alpha value is -3.12. The van der Waals surface area contributed by atoms with E-state index in [0.717, 1.165) is 27.4 Å². The summed E-state index contributed by atoms with van der Waals surface area (Å²) in [6.07, 6.45) is 3.49. The van der Waals surface area contributed by atoms with E-state index in [9.17, 15) is 5.11 Å². The van der Waals surface area contributed by atoms with Gasteiger partial charge in [-0.2, -0.15) is 5.10 Å². The maximum atomic E-state index is 9.40. The Labute approximate surface area is 155 Å². The minimum atomic E-state index is 0.228. The molecule has 2 aromatic carbocycles. The summed E-state index contributed by atoms with van der Waals surface area (Å²) in [5.74, 6) is 1.03. The third-order valence-electron chi connectivity index (χ3n) is 3.64. The molecular weight excluding hydrogens is 346 g/mol. The van der Waals surface area contributed by atoms with Crippen LogP contribution in [0, 0.1) is 0 Å². The second kappa shape index (κ2) is 8.31. The molecule has 0 aliphatic heterocycles. The van der Waals surface area contributed by atoms with Crippen LogP contribution in [0.15, 0.2) is 76.7 Å². The van der Waals surface area contributed by atoms with Gasteiger partial charge in [-0.25, -0.2) is 4.68 Å². The first kappa shape index (κ1) is 17.7. The molecule has 26 heavy (non-hydrogen) atoms. The summed E-state index contributed by atoms with van der Waals surface area (Å²) in [5, 5.41) is 16.0. The molecule has 1 aromatic heterocycles. The average Bonchev–Trinajstić information content (AvgIpc) is 3.08. The van der Waals surface area contributed by atoms with Gasteiger partial charge in [-0.3, -0.25) is 4.99 Å². The first-order valence-corrected chi connectivity index (χ1v) is 8.89. The van der Waals surface area contributed by atoms with Gasteiger partial charge in [-0.05, 0) is 54.1 Å². The molecule has 0 amide bonds. The predicted octanol–water partition coefficient (Wildman–Crippen LogP) is 3.90. The molecule has 0 saturated carbocycles. The monoisotopic (exact) mass is 365 g/mol. The van der Waals surface area contributed by atoms with Gasteiger partial charge in [0.1, 0.15) is 11.5 Å². The van der Waals surface area contributed by atoms with Crippen molar-refractivity contribution in [2.75, 3.05) is 13.7 Å². The van der Waals surface area contributed by atoms with Crippen LogP contribution in [-0.4, -0.2) is 29.7 Å². The summed E-state index contributed by atoms with van der Waals surface area (Å²) >= 11 is 1.52. The highest BCUT2D eigenvalue weighted by atomic mass is 32.1. The number of phenols is 1. The highest BCUT2D eigenvalue weighted by molar-refractivity contribution is 7.07. The Morgan fingerprint density at radius 1 is 1.15 bits per heavy atom. The van der Waals surface area contributed by atoms with Gasteiger partial charge in [-0.1, -0.05) is 6.08 Å². The molecule has 0 radical (unpaired) electrons. The topological polar surface area (TPSA) is 59.1 Å². The maximum Gasteiger partial charge on any atom is 0.206 e. The molecular formula is C20H19N3O2S. The van der Waals surface area contributed by atoms with E-state index in [1.165, 1.54) is 11.3 Å². The number of ether oxygens (including phenoxy) is 1. The largest absolute Gasteiger partial charge is 0.508 e. The van der Waals surface area contributed by atoms with E-state index in [1.807, 2.05) is 34.3 Å². The number of rotatable bonds is 6. The molecule has 0 bridgehead atoms. The van der Waals surface area contributed by atoms with Gasteiger partial charge in [-0.15, -0.1) is 17.9 Å². The summed E-state index contributed by atoms with van der Waals surface area (Å²) in [4.78, 5) is 5.30. The number of hydrogen-bond acceptors (Lipinski definition) is 5. The van der Waals surface area contributed by atoms with Crippen LogP contribution in [-0.2, 0) is 0 Å². The molecule has 0 fully saturated rings. The standard InChI is InChI=1S/C20H19N3O2S/c1-3-12-21-20-23(22-13-15-4-8-17(24)9-5-15)19(14-26-20)16-6-10-18(25-2)11-7-16/h3-11,13-14,24H,1,12H2,2H3. The zero-order valence-electron chi connectivity index (χ0n) is 14.4. The van der Waals surface area contributed by atoms with Crippen molar-refractivity contribution in [2.45, 2.75) is 0 Å². The van der Waals surface area contributed by atoms with Crippen LogP contribution in [0.5, 0.6) is 11.5 Å². The summed E-state index contributed by atoms with van der Waals surface area (Å²) in [6.45, 7) is 4.24. The molecule has 0 unspecified atom stereocenters. The summed E-state index contributed by atoms with van der Waals surface area (Å²) in [5.41, 5.74) is 2.84. The molecule has 132 valence electrons. The van der Waals surface area contributed by atoms with Crippen molar-refractivity contribution in [1.29, 1.82) is 0 Å². The smallest absolute Gasteiger partial charge is 0.206 e. The number of nitrogens with zero attached hydrogens (tertiary/aromatic N) is 3. The minimum absolute atomic E-state index is 0.228. The van der Waals surface area contributed by atoms with Crippen molar-refractivity contribution in [3.63, 3.8) is 0 Å². The number of aromatic hydroxyl groups is 1. The van der Waals surface area contributed by atoms with Crippen molar-refractivity contribution in [3.8, 4) is 22.8 Å². The lowest BCUT2D eigenvalue weighted by molar-refractivity contribution is 0.415. The van der Waals surface area contributed by atoms with Crippen molar-refractivity contribution < 1.29 is 9.84 Å². The van der Waals surface area contributed by atoms with Crippen LogP contribution >= 0.6 is 11.3 Å². The number of benzene rings is 2. The highest BCUT2D eigenvalue weighted by Gasteiger charge is 2.07. The second-order valence-electron chi connectivity index (χ2n) is 5.41. The lowest BCUT2D eigenvalue weighted by atomic mass is 10.2. The maximum absolute atomic E-state index is 9.40. The van der Waals surface area contributed by atoms with E-state index in [4.69, 9.17) is 4.74 Å². The van der Waals surface area contributed by atoms with Crippen molar-refractivity contribution >= 4 is 17.6 Å². The van der Waals surface area contributed by atoms with Crippen molar-refractivity contribution in [3.05, 3.63) is 76.9 Å². The van der Waals surface area contributed by atoms with E-state index in [1.54, 1.807) is 43.7 Å². The molecule has 1 N–H and O–H groups in total. The average molecular weight is 365 g/mol. The van der Waals surface area contributed by atoms with E-state index in [2.05, 4.69) is 16.7 Å². The fraction of sp³-hybridized carbons (Fsp3) is 0.100. The predicted molar refractivity (Wildman–Crippen MR) is 106 cm³/mol. The minimum Gasteiger partial charge on any atom is -0.508 e. The highest BCUT2D eigenvalue weighted by Crippen LogP contribution is 2.23. The molecule has 3 aromatic rings. The van der Waals surface area contributed by atoms with Crippen LogP contribution < -0.4 is 9.54 Å². The Morgan fingerprint density at radius 3 is 2.54 bits per heavy atom. The fourth-order valence-electron chi connectivity index (χ4n) is 2.31. The van der Waals surface area contributed by atoms with Gasteiger partial charge in [0.25, 0.3) is 0 Å². The van der Waals surface area contributed by atoms with Gasteiger partial charge < -0.3 is 9.84 Å². The van der Waals surface area contributed by atoms with Crippen LogP contribution in [0.1, 0.15) is 5.56 Å². The Bertz CT molecular complexity index is 968. The number of thiazole rings is 1. The molecule has 1 heterocycles.